The van der Waals surface area contributed by atoms with Gasteiger partial charge in [-0.2, -0.15) is 0 Å². The van der Waals surface area contributed by atoms with E-state index < -0.39 is 0 Å². The van der Waals surface area contributed by atoms with Crippen molar-refractivity contribution < 1.29 is 0 Å². The standard InChI is InChI=1S/C12H8ClN/c13-7-2-5-10-3-1-4-11-9-14-8-6-12(10)11/h1,3-4,6,8-9H,7H2. The summed E-state index contributed by atoms with van der Waals surface area (Å²) in [5.41, 5.74) is 1.01. The van der Waals surface area contributed by atoms with Crippen LogP contribution in [-0.4, -0.2) is 10.9 Å². The van der Waals surface area contributed by atoms with Crippen molar-refractivity contribution in [3.8, 4) is 11.8 Å². The molecule has 1 aromatic carbocycles. The van der Waals surface area contributed by atoms with Crippen molar-refractivity contribution >= 4 is 22.4 Å². The Bertz CT molecular complexity index is 503. The van der Waals surface area contributed by atoms with Crippen LogP contribution in [0.1, 0.15) is 5.56 Å². The van der Waals surface area contributed by atoms with E-state index in [1.54, 1.807) is 6.20 Å². The molecule has 0 fully saturated rings. The molecule has 0 amide bonds. The van der Waals surface area contributed by atoms with Crippen molar-refractivity contribution in [2.24, 2.45) is 0 Å². The molecule has 0 aliphatic heterocycles. The van der Waals surface area contributed by atoms with E-state index >= 15 is 0 Å². The van der Waals surface area contributed by atoms with Gasteiger partial charge in [-0.15, -0.1) is 11.6 Å². The number of pyridine rings is 1. The van der Waals surface area contributed by atoms with E-state index in [0.29, 0.717) is 5.88 Å². The highest BCUT2D eigenvalue weighted by Crippen LogP contribution is 2.16. The number of alkyl halides is 1. The van der Waals surface area contributed by atoms with E-state index in [2.05, 4.69) is 16.8 Å². The monoisotopic (exact) mass is 201 g/mol. The number of aromatic nitrogens is 1. The van der Waals surface area contributed by atoms with E-state index in [4.69, 9.17) is 11.6 Å². The average molecular weight is 202 g/mol. The SMILES string of the molecule is ClCC#Cc1cccc2cnccc12. The Balaban J connectivity index is 2.65. The summed E-state index contributed by atoms with van der Waals surface area (Å²) in [5, 5.41) is 2.23. The summed E-state index contributed by atoms with van der Waals surface area (Å²) < 4.78 is 0. The molecule has 0 radical (unpaired) electrons. The first-order valence-electron chi connectivity index (χ1n) is 4.29. The maximum Gasteiger partial charge on any atom is 0.0839 e. The molecule has 0 aliphatic rings. The van der Waals surface area contributed by atoms with Crippen LogP contribution < -0.4 is 0 Å². The number of nitrogens with zero attached hydrogens (tertiary/aromatic N) is 1. The molecule has 1 nitrogen and oxygen atoms in total. The van der Waals surface area contributed by atoms with Crippen molar-refractivity contribution in [2.75, 3.05) is 5.88 Å². The van der Waals surface area contributed by atoms with Crippen molar-refractivity contribution in [3.63, 3.8) is 0 Å². The zero-order chi connectivity index (χ0) is 9.80. The van der Waals surface area contributed by atoms with Gasteiger partial charge in [-0.3, -0.25) is 4.98 Å². The minimum Gasteiger partial charge on any atom is -0.264 e. The molecule has 2 aromatic rings. The predicted molar refractivity (Wildman–Crippen MR) is 59.3 cm³/mol. The molecular weight excluding hydrogens is 194 g/mol. The third-order valence-electron chi connectivity index (χ3n) is 1.97. The van der Waals surface area contributed by atoms with Crippen LogP contribution in [-0.2, 0) is 0 Å². The highest BCUT2D eigenvalue weighted by atomic mass is 35.5. The van der Waals surface area contributed by atoms with E-state index in [0.717, 1.165) is 16.3 Å². The van der Waals surface area contributed by atoms with Gasteiger partial charge in [0.2, 0.25) is 0 Å². The van der Waals surface area contributed by atoms with Gasteiger partial charge in [-0.05, 0) is 12.1 Å². The Morgan fingerprint density at radius 2 is 2.21 bits per heavy atom. The van der Waals surface area contributed by atoms with Crippen molar-refractivity contribution in [2.45, 2.75) is 0 Å². The lowest BCUT2D eigenvalue weighted by Gasteiger charge is -1.98. The predicted octanol–water partition coefficient (Wildman–Crippen LogP) is 2.83. The van der Waals surface area contributed by atoms with Crippen LogP contribution in [0.2, 0.25) is 0 Å². The van der Waals surface area contributed by atoms with Crippen molar-refractivity contribution in [1.29, 1.82) is 0 Å². The van der Waals surface area contributed by atoms with Crippen molar-refractivity contribution in [1.82, 2.24) is 4.98 Å². The van der Waals surface area contributed by atoms with Crippen LogP contribution in [0, 0.1) is 11.8 Å². The molecule has 2 rings (SSSR count). The zero-order valence-corrected chi connectivity index (χ0v) is 8.25. The number of hydrogen-bond acceptors (Lipinski definition) is 1. The summed E-state index contributed by atoms with van der Waals surface area (Å²) in [4.78, 5) is 4.06. The lowest BCUT2D eigenvalue weighted by molar-refractivity contribution is 1.36. The summed E-state index contributed by atoms with van der Waals surface area (Å²) in [6.07, 6.45) is 3.61. The molecule has 0 saturated carbocycles. The quantitative estimate of drug-likeness (QED) is 0.472. The van der Waals surface area contributed by atoms with Crippen LogP contribution in [0.15, 0.2) is 36.7 Å². The van der Waals surface area contributed by atoms with Crippen LogP contribution >= 0.6 is 11.6 Å². The topological polar surface area (TPSA) is 12.9 Å². The highest BCUT2D eigenvalue weighted by molar-refractivity contribution is 6.19. The number of fused-ring (bicyclic) bond motifs is 1. The smallest absolute Gasteiger partial charge is 0.0839 e. The number of hydrogen-bond donors (Lipinski definition) is 0. The van der Waals surface area contributed by atoms with Crippen LogP contribution in [0.5, 0.6) is 0 Å². The lowest BCUT2D eigenvalue weighted by Crippen LogP contribution is -1.80. The van der Waals surface area contributed by atoms with Gasteiger partial charge in [0, 0.05) is 28.7 Å². The summed E-state index contributed by atoms with van der Waals surface area (Å²) >= 11 is 5.52. The Hall–Kier alpha value is -1.52. The lowest BCUT2D eigenvalue weighted by atomic mass is 10.1. The maximum absolute atomic E-state index is 5.52. The maximum atomic E-state index is 5.52. The average Bonchev–Trinajstić information content (AvgIpc) is 2.26. The number of rotatable bonds is 0. The molecule has 68 valence electrons. The molecule has 0 saturated heterocycles. The van der Waals surface area contributed by atoms with Crippen LogP contribution in [0.4, 0.5) is 0 Å². The van der Waals surface area contributed by atoms with Gasteiger partial charge in [0.15, 0.2) is 0 Å². The Morgan fingerprint density at radius 3 is 3.07 bits per heavy atom. The van der Waals surface area contributed by atoms with Gasteiger partial charge in [0.25, 0.3) is 0 Å². The molecule has 0 atom stereocenters. The summed E-state index contributed by atoms with van der Waals surface area (Å²) in [7, 11) is 0. The Kier molecular flexibility index (Phi) is 2.67. The normalized spacial score (nSPS) is 9.50. The van der Waals surface area contributed by atoms with E-state index in [1.165, 1.54) is 0 Å². The molecule has 1 heterocycles. The Morgan fingerprint density at radius 1 is 1.29 bits per heavy atom. The third kappa shape index (κ3) is 1.71. The first-order valence-corrected chi connectivity index (χ1v) is 4.83. The molecule has 0 aliphatic carbocycles. The summed E-state index contributed by atoms with van der Waals surface area (Å²) in [6.45, 7) is 0. The van der Waals surface area contributed by atoms with E-state index in [-0.39, 0.29) is 0 Å². The van der Waals surface area contributed by atoms with Crippen molar-refractivity contribution in [3.05, 3.63) is 42.2 Å². The second-order valence-electron chi connectivity index (χ2n) is 2.84. The van der Waals surface area contributed by atoms with Crippen LogP contribution in [0.25, 0.3) is 10.8 Å². The van der Waals surface area contributed by atoms with Gasteiger partial charge in [0.1, 0.15) is 0 Å². The first-order chi connectivity index (χ1) is 6.92. The van der Waals surface area contributed by atoms with Gasteiger partial charge >= 0.3 is 0 Å². The molecule has 14 heavy (non-hydrogen) atoms. The Labute approximate surface area is 87.7 Å². The highest BCUT2D eigenvalue weighted by Gasteiger charge is 1.95. The van der Waals surface area contributed by atoms with E-state index in [9.17, 15) is 0 Å². The molecule has 0 spiro atoms. The number of halogens is 1. The molecule has 1 aromatic heterocycles. The molecule has 0 bridgehead atoms. The third-order valence-corrected chi connectivity index (χ3v) is 2.10. The van der Waals surface area contributed by atoms with E-state index in [1.807, 2.05) is 30.5 Å². The molecule has 0 unspecified atom stereocenters. The molecule has 0 N–H and O–H groups in total. The first kappa shape index (κ1) is 9.05. The second kappa shape index (κ2) is 4.13. The largest absolute Gasteiger partial charge is 0.264 e. The van der Waals surface area contributed by atoms with Gasteiger partial charge < -0.3 is 0 Å². The minimum atomic E-state index is 0.363. The van der Waals surface area contributed by atoms with Crippen LogP contribution in [0.3, 0.4) is 0 Å². The minimum absolute atomic E-state index is 0.363. The fraction of sp³-hybridized carbons (Fsp3) is 0.0833. The fourth-order valence-electron chi connectivity index (χ4n) is 1.36. The van der Waals surface area contributed by atoms with Gasteiger partial charge in [-0.25, -0.2) is 0 Å². The summed E-state index contributed by atoms with van der Waals surface area (Å²) in [6, 6.07) is 7.95. The summed E-state index contributed by atoms with van der Waals surface area (Å²) in [5.74, 6) is 6.24. The molecular formula is C12H8ClN. The molecule has 2 heteroatoms. The van der Waals surface area contributed by atoms with Gasteiger partial charge in [-0.1, -0.05) is 24.0 Å². The number of benzene rings is 1. The fourth-order valence-corrected chi connectivity index (χ4v) is 1.43. The second-order valence-corrected chi connectivity index (χ2v) is 3.11. The zero-order valence-electron chi connectivity index (χ0n) is 7.50. The van der Waals surface area contributed by atoms with Gasteiger partial charge in [0.05, 0.1) is 5.88 Å².